The first-order valence-corrected chi connectivity index (χ1v) is 8.82. The molecule has 0 fully saturated rings. The normalized spacial score (nSPS) is 11.9. The number of hydrogen-bond acceptors (Lipinski definition) is 4. The first-order chi connectivity index (χ1) is 12.8. The van der Waals surface area contributed by atoms with Gasteiger partial charge in [-0.1, -0.05) is 42.5 Å². The summed E-state index contributed by atoms with van der Waals surface area (Å²) < 4.78 is 10.8. The van der Waals surface area contributed by atoms with Crippen LogP contribution in [0.2, 0.25) is 0 Å². The van der Waals surface area contributed by atoms with Gasteiger partial charge in [-0.05, 0) is 44.0 Å². The van der Waals surface area contributed by atoms with Crippen molar-refractivity contribution in [2.75, 3.05) is 6.61 Å². The van der Waals surface area contributed by atoms with Gasteiger partial charge < -0.3 is 20.5 Å². The van der Waals surface area contributed by atoms with Crippen LogP contribution in [0.25, 0.3) is 0 Å². The number of aliphatic imine (C=N–C) groups is 1. The van der Waals surface area contributed by atoms with Crippen molar-refractivity contribution < 1.29 is 14.3 Å². The van der Waals surface area contributed by atoms with Crippen LogP contribution in [-0.4, -0.2) is 24.1 Å². The average molecular weight is 369 g/mol. The largest absolute Gasteiger partial charge is 0.444 e. The number of benzene rings is 2. The van der Waals surface area contributed by atoms with Crippen LogP contribution in [0.1, 0.15) is 31.9 Å². The molecule has 0 spiro atoms. The molecule has 6 nitrogen and oxygen atoms in total. The molecule has 2 aromatic rings. The molecule has 0 radical (unpaired) electrons. The molecule has 6 heteroatoms. The number of rotatable bonds is 7. The molecule has 0 aliphatic heterocycles. The lowest BCUT2D eigenvalue weighted by atomic mass is 10.2. The van der Waals surface area contributed by atoms with E-state index in [2.05, 4.69) is 10.3 Å². The molecule has 27 heavy (non-hydrogen) atoms. The molecular weight excluding hydrogens is 342 g/mol. The molecule has 2 aromatic carbocycles. The Bertz CT molecular complexity index is 768. The fourth-order valence-corrected chi connectivity index (χ4v) is 2.27. The van der Waals surface area contributed by atoms with Gasteiger partial charge in [-0.2, -0.15) is 0 Å². The number of nitrogens with two attached hydrogens (primary N) is 1. The van der Waals surface area contributed by atoms with Gasteiger partial charge in [0.1, 0.15) is 18.0 Å². The van der Waals surface area contributed by atoms with E-state index in [-0.39, 0.29) is 6.61 Å². The number of nitrogens with zero attached hydrogens (tertiary/aromatic N) is 1. The van der Waals surface area contributed by atoms with Crippen LogP contribution in [0.3, 0.4) is 0 Å². The summed E-state index contributed by atoms with van der Waals surface area (Å²) in [5, 5.41) is 2.72. The van der Waals surface area contributed by atoms with Gasteiger partial charge in [0, 0.05) is 6.54 Å². The number of hydrogen-bond donors (Lipinski definition) is 2. The summed E-state index contributed by atoms with van der Waals surface area (Å²) >= 11 is 0. The average Bonchev–Trinajstić information content (AvgIpc) is 2.60. The summed E-state index contributed by atoms with van der Waals surface area (Å²) in [6.07, 6.45) is -0.453. The number of amides is 1. The molecule has 0 atom stereocenters. The maximum atomic E-state index is 11.7. The number of amidine groups is 1. The second kappa shape index (κ2) is 9.73. The number of carbonyl (C=O) groups excluding carboxylic acids is 1. The van der Waals surface area contributed by atoms with E-state index in [1.54, 1.807) is 0 Å². The monoisotopic (exact) mass is 369 g/mol. The van der Waals surface area contributed by atoms with Gasteiger partial charge in [-0.15, -0.1) is 0 Å². The molecule has 0 heterocycles. The fourth-order valence-electron chi connectivity index (χ4n) is 2.27. The molecule has 0 aliphatic rings. The zero-order valence-corrected chi connectivity index (χ0v) is 16.1. The number of alkyl carbamates (subject to hydrolysis) is 1. The van der Waals surface area contributed by atoms with Crippen molar-refractivity contribution in [3.63, 3.8) is 0 Å². The summed E-state index contributed by atoms with van der Waals surface area (Å²) in [5.41, 5.74) is 8.12. The van der Waals surface area contributed by atoms with E-state index in [0.29, 0.717) is 24.7 Å². The van der Waals surface area contributed by atoms with Gasteiger partial charge in [0.05, 0.1) is 12.3 Å². The second-order valence-electron chi connectivity index (χ2n) is 7.11. The minimum absolute atomic E-state index is 0.245. The van der Waals surface area contributed by atoms with Crippen molar-refractivity contribution in [1.82, 2.24) is 5.32 Å². The Hall–Kier alpha value is -2.86. The maximum absolute atomic E-state index is 11.7. The summed E-state index contributed by atoms with van der Waals surface area (Å²) in [6, 6.07) is 17.4. The van der Waals surface area contributed by atoms with Gasteiger partial charge in [-0.25, -0.2) is 9.79 Å². The van der Waals surface area contributed by atoms with E-state index >= 15 is 0 Å². The molecule has 0 aromatic heterocycles. The van der Waals surface area contributed by atoms with Crippen LogP contribution in [0.5, 0.6) is 0 Å². The minimum Gasteiger partial charge on any atom is -0.444 e. The molecule has 144 valence electrons. The van der Waals surface area contributed by atoms with Gasteiger partial charge in [0.2, 0.25) is 0 Å². The van der Waals surface area contributed by atoms with E-state index in [0.717, 1.165) is 11.1 Å². The first kappa shape index (κ1) is 20.5. The summed E-state index contributed by atoms with van der Waals surface area (Å²) in [6.45, 7) is 6.55. The van der Waals surface area contributed by atoms with Crippen molar-refractivity contribution in [2.45, 2.75) is 39.5 Å². The van der Waals surface area contributed by atoms with Crippen LogP contribution in [0.15, 0.2) is 59.6 Å². The van der Waals surface area contributed by atoms with E-state index < -0.39 is 11.7 Å². The highest BCUT2D eigenvalue weighted by atomic mass is 16.6. The predicted octanol–water partition coefficient (Wildman–Crippen LogP) is 3.92. The Labute approximate surface area is 160 Å². The second-order valence-corrected chi connectivity index (χ2v) is 7.11. The molecule has 0 saturated carbocycles. The van der Waals surface area contributed by atoms with Crippen LogP contribution < -0.4 is 11.1 Å². The van der Waals surface area contributed by atoms with Gasteiger partial charge >= 0.3 is 6.09 Å². The third kappa shape index (κ3) is 8.37. The van der Waals surface area contributed by atoms with Crippen molar-refractivity contribution in [3.05, 3.63) is 65.7 Å². The zero-order valence-electron chi connectivity index (χ0n) is 16.1. The van der Waals surface area contributed by atoms with Gasteiger partial charge in [0.25, 0.3) is 0 Å². The Morgan fingerprint density at radius 1 is 1.07 bits per heavy atom. The molecule has 1 amide bonds. The van der Waals surface area contributed by atoms with Crippen molar-refractivity contribution in [3.8, 4) is 0 Å². The standard InChI is InChI=1S/C21H27N3O3/c1-21(2,3)27-20(25)23-13-17-10-7-11-18(12-17)24-19(22)15-26-14-16-8-5-4-6-9-16/h4-12H,13-15H2,1-3H3,(H2,22,24)(H,23,25). The van der Waals surface area contributed by atoms with E-state index in [1.807, 2.05) is 75.4 Å². The summed E-state index contributed by atoms with van der Waals surface area (Å²) in [5.74, 6) is 0.392. The number of nitrogens with one attached hydrogen (secondary N) is 1. The van der Waals surface area contributed by atoms with E-state index in [4.69, 9.17) is 15.2 Å². The highest BCUT2D eigenvalue weighted by molar-refractivity contribution is 5.84. The number of carbonyl (C=O) groups is 1. The molecule has 3 N–H and O–H groups in total. The number of ether oxygens (including phenoxy) is 2. The maximum Gasteiger partial charge on any atom is 0.407 e. The Morgan fingerprint density at radius 2 is 1.78 bits per heavy atom. The Kier molecular flexibility index (Phi) is 7.37. The minimum atomic E-state index is -0.523. The molecule has 0 unspecified atom stereocenters. The summed E-state index contributed by atoms with van der Waals surface area (Å²) in [4.78, 5) is 16.1. The topological polar surface area (TPSA) is 85.9 Å². The van der Waals surface area contributed by atoms with Crippen molar-refractivity contribution in [1.29, 1.82) is 0 Å². The van der Waals surface area contributed by atoms with E-state index in [9.17, 15) is 4.79 Å². The SMILES string of the molecule is CC(C)(C)OC(=O)NCc1cccc(N=C(N)COCc2ccccc2)c1. The molecule has 0 saturated heterocycles. The predicted molar refractivity (Wildman–Crippen MR) is 107 cm³/mol. The third-order valence-electron chi connectivity index (χ3n) is 3.38. The highest BCUT2D eigenvalue weighted by Gasteiger charge is 2.15. The fraction of sp³-hybridized carbons (Fsp3) is 0.333. The molecule has 0 bridgehead atoms. The van der Waals surface area contributed by atoms with Crippen molar-refractivity contribution >= 4 is 17.6 Å². The zero-order chi connectivity index (χ0) is 19.7. The van der Waals surface area contributed by atoms with Crippen LogP contribution in [0, 0.1) is 0 Å². The molecule has 2 rings (SSSR count). The molecular formula is C21H27N3O3. The quantitative estimate of drug-likeness (QED) is 0.572. The lowest BCUT2D eigenvalue weighted by molar-refractivity contribution is 0.0523. The lowest BCUT2D eigenvalue weighted by Crippen LogP contribution is -2.32. The third-order valence-corrected chi connectivity index (χ3v) is 3.38. The van der Waals surface area contributed by atoms with Crippen LogP contribution >= 0.6 is 0 Å². The molecule has 0 aliphatic carbocycles. The lowest BCUT2D eigenvalue weighted by Gasteiger charge is -2.19. The van der Waals surface area contributed by atoms with Gasteiger partial charge in [0.15, 0.2) is 0 Å². The summed E-state index contributed by atoms with van der Waals surface area (Å²) in [7, 11) is 0. The Balaban J connectivity index is 1.84. The highest BCUT2D eigenvalue weighted by Crippen LogP contribution is 2.14. The van der Waals surface area contributed by atoms with Crippen LogP contribution in [0.4, 0.5) is 10.5 Å². The Morgan fingerprint density at radius 3 is 2.48 bits per heavy atom. The van der Waals surface area contributed by atoms with Crippen LogP contribution in [-0.2, 0) is 22.6 Å². The van der Waals surface area contributed by atoms with Gasteiger partial charge in [-0.3, -0.25) is 0 Å². The smallest absolute Gasteiger partial charge is 0.407 e. The van der Waals surface area contributed by atoms with Crippen molar-refractivity contribution in [2.24, 2.45) is 10.7 Å². The van der Waals surface area contributed by atoms with E-state index in [1.165, 1.54) is 0 Å². The first-order valence-electron chi connectivity index (χ1n) is 8.82.